The molecule has 1 rings (SSSR count). The van der Waals surface area contributed by atoms with E-state index in [-0.39, 0.29) is 25.1 Å². The van der Waals surface area contributed by atoms with Crippen LogP contribution in [0, 0.1) is 18.6 Å². The lowest BCUT2D eigenvalue weighted by Gasteiger charge is -2.08. The van der Waals surface area contributed by atoms with Gasteiger partial charge >= 0.3 is 0 Å². The Morgan fingerprint density at radius 2 is 1.26 bits per heavy atom. The van der Waals surface area contributed by atoms with E-state index < -0.39 is 11.6 Å². The summed E-state index contributed by atoms with van der Waals surface area (Å²) >= 11 is 0. The molecule has 0 saturated heterocycles. The lowest BCUT2D eigenvalue weighted by Crippen LogP contribution is -2.14. The monoisotopic (exact) mass is 393 g/mol. The standard InChI is InChI=1S/C17H27F2NO4.CH2O2/c1-14-12-16(18)15(17(19)13-14)2-4-21-6-8-23-10-11-24-9-7-22-5-3-20;2-1-3/h12-13H,2-11,20H2,1H3;1H,(H,2,3). The first-order chi connectivity index (χ1) is 13.1. The van der Waals surface area contributed by atoms with Crippen molar-refractivity contribution in [2.24, 2.45) is 5.73 Å². The molecule has 1 aromatic carbocycles. The quantitative estimate of drug-likeness (QED) is 0.365. The molecule has 27 heavy (non-hydrogen) atoms. The number of hydrogen-bond acceptors (Lipinski definition) is 6. The first kappa shape index (κ1) is 25.4. The molecule has 156 valence electrons. The maximum atomic E-state index is 13.6. The van der Waals surface area contributed by atoms with Crippen LogP contribution < -0.4 is 5.73 Å². The van der Waals surface area contributed by atoms with E-state index in [0.717, 1.165) is 0 Å². The summed E-state index contributed by atoms with van der Waals surface area (Å²) < 4.78 is 48.3. The Labute approximate surface area is 158 Å². The summed E-state index contributed by atoms with van der Waals surface area (Å²) in [6.07, 6.45) is 0.198. The summed E-state index contributed by atoms with van der Waals surface area (Å²) in [7, 11) is 0. The zero-order chi connectivity index (χ0) is 20.3. The second-order valence-corrected chi connectivity index (χ2v) is 5.30. The molecule has 7 nitrogen and oxygen atoms in total. The molecule has 0 aromatic heterocycles. The molecule has 0 aliphatic rings. The minimum atomic E-state index is -0.528. The van der Waals surface area contributed by atoms with Crippen LogP contribution in [-0.4, -0.2) is 71.0 Å². The van der Waals surface area contributed by atoms with Gasteiger partial charge in [0.1, 0.15) is 11.6 Å². The Morgan fingerprint density at radius 1 is 0.889 bits per heavy atom. The van der Waals surface area contributed by atoms with Crippen LogP contribution in [0.1, 0.15) is 11.1 Å². The third kappa shape index (κ3) is 14.1. The number of halogens is 2. The molecule has 0 saturated carbocycles. The summed E-state index contributed by atoms with van der Waals surface area (Å²) in [6.45, 7) is 5.43. The van der Waals surface area contributed by atoms with E-state index in [4.69, 9.17) is 34.6 Å². The van der Waals surface area contributed by atoms with Crippen LogP contribution in [0.15, 0.2) is 12.1 Å². The van der Waals surface area contributed by atoms with E-state index in [2.05, 4.69) is 0 Å². The minimum absolute atomic E-state index is 0.0618. The molecule has 0 fully saturated rings. The number of nitrogens with two attached hydrogens (primary N) is 1. The van der Waals surface area contributed by atoms with Crippen LogP contribution in [0.25, 0.3) is 0 Å². The van der Waals surface area contributed by atoms with Crippen molar-refractivity contribution >= 4 is 6.47 Å². The fourth-order valence-corrected chi connectivity index (χ4v) is 1.99. The van der Waals surface area contributed by atoms with Gasteiger partial charge < -0.3 is 29.8 Å². The molecule has 0 atom stereocenters. The van der Waals surface area contributed by atoms with E-state index in [0.29, 0.717) is 58.4 Å². The van der Waals surface area contributed by atoms with E-state index >= 15 is 0 Å². The number of carbonyl (C=O) groups is 1. The van der Waals surface area contributed by atoms with E-state index in [9.17, 15) is 8.78 Å². The third-order valence-electron chi connectivity index (χ3n) is 3.16. The van der Waals surface area contributed by atoms with Crippen molar-refractivity contribution in [1.29, 1.82) is 0 Å². The number of rotatable bonds is 14. The topological polar surface area (TPSA) is 100 Å². The van der Waals surface area contributed by atoms with Gasteiger partial charge in [-0.2, -0.15) is 0 Å². The maximum Gasteiger partial charge on any atom is 0.290 e. The smallest absolute Gasteiger partial charge is 0.290 e. The normalized spacial score (nSPS) is 10.4. The van der Waals surface area contributed by atoms with Gasteiger partial charge in [0.15, 0.2) is 0 Å². The van der Waals surface area contributed by atoms with Crippen LogP contribution in [0.5, 0.6) is 0 Å². The molecule has 0 bridgehead atoms. The van der Waals surface area contributed by atoms with Gasteiger partial charge in [-0.05, 0) is 24.6 Å². The van der Waals surface area contributed by atoms with Crippen LogP contribution in [0.2, 0.25) is 0 Å². The number of ether oxygens (including phenoxy) is 4. The highest BCUT2D eigenvalue weighted by atomic mass is 19.1. The van der Waals surface area contributed by atoms with Crippen LogP contribution in [0.3, 0.4) is 0 Å². The Bertz CT molecular complexity index is 482. The van der Waals surface area contributed by atoms with Gasteiger partial charge in [-0.25, -0.2) is 8.78 Å². The Morgan fingerprint density at radius 3 is 1.67 bits per heavy atom. The van der Waals surface area contributed by atoms with Gasteiger partial charge in [-0.3, -0.25) is 4.79 Å². The van der Waals surface area contributed by atoms with Crippen molar-refractivity contribution in [2.75, 3.05) is 59.4 Å². The molecule has 9 heteroatoms. The van der Waals surface area contributed by atoms with Gasteiger partial charge in [0, 0.05) is 18.5 Å². The molecule has 0 unspecified atom stereocenters. The molecular weight excluding hydrogens is 364 g/mol. The summed E-state index contributed by atoms with van der Waals surface area (Å²) in [6, 6.07) is 2.64. The highest BCUT2D eigenvalue weighted by Gasteiger charge is 2.09. The van der Waals surface area contributed by atoms with Gasteiger partial charge in [0.05, 0.1) is 52.9 Å². The maximum absolute atomic E-state index is 13.6. The van der Waals surface area contributed by atoms with Crippen molar-refractivity contribution in [2.45, 2.75) is 13.3 Å². The van der Waals surface area contributed by atoms with Crippen molar-refractivity contribution in [1.82, 2.24) is 0 Å². The molecular formula is C18H29F2NO6. The van der Waals surface area contributed by atoms with Crippen LogP contribution in [-0.2, 0) is 30.2 Å². The minimum Gasteiger partial charge on any atom is -0.483 e. The highest BCUT2D eigenvalue weighted by molar-refractivity contribution is 5.32. The second kappa shape index (κ2) is 17.7. The van der Waals surface area contributed by atoms with Gasteiger partial charge in [-0.15, -0.1) is 0 Å². The Balaban J connectivity index is 0.00000210. The first-order valence-corrected chi connectivity index (χ1v) is 8.60. The van der Waals surface area contributed by atoms with Gasteiger partial charge in [0.25, 0.3) is 6.47 Å². The summed E-state index contributed by atoms with van der Waals surface area (Å²) in [4.78, 5) is 8.36. The molecule has 0 heterocycles. The zero-order valence-electron chi connectivity index (χ0n) is 15.6. The lowest BCUT2D eigenvalue weighted by molar-refractivity contribution is -0.122. The molecule has 0 aliphatic heterocycles. The molecule has 0 spiro atoms. The predicted molar refractivity (Wildman–Crippen MR) is 95.8 cm³/mol. The van der Waals surface area contributed by atoms with Crippen molar-refractivity contribution < 1.29 is 37.6 Å². The SMILES string of the molecule is Cc1cc(F)c(CCOCCOCCOCCOCCN)c(F)c1.O=CO. The largest absolute Gasteiger partial charge is 0.483 e. The van der Waals surface area contributed by atoms with E-state index in [1.807, 2.05) is 0 Å². The van der Waals surface area contributed by atoms with E-state index in [1.54, 1.807) is 6.92 Å². The summed E-state index contributed by atoms with van der Waals surface area (Å²) in [5.74, 6) is -1.06. The lowest BCUT2D eigenvalue weighted by atomic mass is 10.1. The molecule has 0 radical (unpaired) electrons. The molecule has 3 N–H and O–H groups in total. The summed E-state index contributed by atoms with van der Waals surface area (Å²) in [5, 5.41) is 6.89. The van der Waals surface area contributed by atoms with Gasteiger partial charge in [0.2, 0.25) is 0 Å². The van der Waals surface area contributed by atoms with Crippen LogP contribution in [0.4, 0.5) is 8.78 Å². The number of benzene rings is 1. The Kier molecular flexibility index (Phi) is 16.7. The van der Waals surface area contributed by atoms with Crippen molar-refractivity contribution in [3.05, 3.63) is 34.9 Å². The van der Waals surface area contributed by atoms with Crippen molar-refractivity contribution in [3.8, 4) is 0 Å². The molecule has 0 aliphatic carbocycles. The van der Waals surface area contributed by atoms with Crippen molar-refractivity contribution in [3.63, 3.8) is 0 Å². The van der Waals surface area contributed by atoms with E-state index in [1.165, 1.54) is 12.1 Å². The third-order valence-corrected chi connectivity index (χ3v) is 3.16. The molecule has 1 aromatic rings. The van der Waals surface area contributed by atoms with Crippen LogP contribution >= 0.6 is 0 Å². The first-order valence-electron chi connectivity index (χ1n) is 8.60. The molecule has 0 amide bonds. The predicted octanol–water partition coefficient (Wildman–Crippen LogP) is 1.54. The fraction of sp³-hybridized carbons (Fsp3) is 0.611. The average Bonchev–Trinajstić information content (AvgIpc) is 2.61. The summed E-state index contributed by atoms with van der Waals surface area (Å²) in [5.41, 5.74) is 5.91. The average molecular weight is 393 g/mol. The fourth-order valence-electron chi connectivity index (χ4n) is 1.99. The zero-order valence-corrected chi connectivity index (χ0v) is 15.6. The second-order valence-electron chi connectivity index (χ2n) is 5.30. The number of hydrogen-bond donors (Lipinski definition) is 2. The number of aryl methyl sites for hydroxylation is 1. The number of carboxylic acid groups (broad SMARTS) is 1. The Hall–Kier alpha value is -1.65. The highest BCUT2D eigenvalue weighted by Crippen LogP contribution is 2.15. The van der Waals surface area contributed by atoms with Gasteiger partial charge in [-0.1, -0.05) is 0 Å².